The van der Waals surface area contributed by atoms with E-state index in [1.807, 2.05) is 6.92 Å². The van der Waals surface area contributed by atoms with Crippen molar-refractivity contribution in [2.45, 2.75) is 19.1 Å². The highest BCUT2D eigenvalue weighted by Gasteiger charge is 2.44. The lowest BCUT2D eigenvalue weighted by Crippen LogP contribution is -2.53. The van der Waals surface area contributed by atoms with Gasteiger partial charge in [-0.05, 0) is 6.92 Å². The lowest BCUT2D eigenvalue weighted by molar-refractivity contribution is -0.152. The first-order valence-corrected chi connectivity index (χ1v) is 6.66. The molecule has 2 atom stereocenters. The average Bonchev–Trinajstić information content (AvgIpc) is 3.04. The molecule has 1 aromatic rings. The molecule has 108 valence electrons. The van der Waals surface area contributed by atoms with Crippen molar-refractivity contribution in [3.05, 3.63) is 12.2 Å². The van der Waals surface area contributed by atoms with Gasteiger partial charge in [-0.15, -0.1) is 5.10 Å². The van der Waals surface area contributed by atoms with Crippen LogP contribution in [-0.2, 0) is 16.6 Å². The minimum absolute atomic E-state index is 0.0148. The van der Waals surface area contributed by atoms with Gasteiger partial charge in [-0.2, -0.15) is 0 Å². The number of aryl methyl sites for hydroxylation is 1. The molecule has 0 radical (unpaired) electrons. The highest BCUT2D eigenvalue weighted by Crippen LogP contribution is 2.24. The number of rotatable bonds is 2. The molecule has 3 rings (SSSR count). The van der Waals surface area contributed by atoms with E-state index in [-0.39, 0.29) is 36.4 Å². The Morgan fingerprint density at radius 1 is 1.50 bits per heavy atom. The Hall–Kier alpha value is -1.96. The maximum Gasteiger partial charge on any atom is 0.293 e. The van der Waals surface area contributed by atoms with Crippen molar-refractivity contribution in [1.29, 1.82) is 0 Å². The highest BCUT2D eigenvalue weighted by atomic mass is 16.5. The molecule has 2 amide bonds. The molecule has 1 aromatic heterocycles. The van der Waals surface area contributed by atoms with Crippen LogP contribution in [0.1, 0.15) is 17.5 Å². The van der Waals surface area contributed by atoms with E-state index in [1.54, 1.807) is 16.8 Å². The van der Waals surface area contributed by atoms with Crippen molar-refractivity contribution in [2.24, 2.45) is 7.05 Å². The van der Waals surface area contributed by atoms with Gasteiger partial charge in [0.25, 0.3) is 5.91 Å². The molecule has 2 aliphatic rings. The predicted octanol–water partition coefficient (Wildman–Crippen LogP) is -1.11. The van der Waals surface area contributed by atoms with Gasteiger partial charge in [0, 0.05) is 26.7 Å². The number of carbonyl (C=O) groups is 2. The molecule has 0 spiro atoms. The molecule has 2 fully saturated rings. The lowest BCUT2D eigenvalue weighted by atomic mass is 10.1. The lowest BCUT2D eigenvalue weighted by Gasteiger charge is -2.35. The Kier molecular flexibility index (Phi) is 3.17. The number of likely N-dealkylation sites (N-methyl/N-ethyl adjacent to an activating group) is 1. The Balaban J connectivity index is 1.75. The first-order chi connectivity index (χ1) is 9.60. The van der Waals surface area contributed by atoms with Gasteiger partial charge in [0.2, 0.25) is 11.7 Å². The van der Waals surface area contributed by atoms with Gasteiger partial charge in [-0.1, -0.05) is 0 Å². The van der Waals surface area contributed by atoms with Crippen LogP contribution in [-0.4, -0.2) is 74.8 Å². The summed E-state index contributed by atoms with van der Waals surface area (Å²) in [5.41, 5.74) is 0. The van der Waals surface area contributed by atoms with Gasteiger partial charge in [0.15, 0.2) is 0 Å². The minimum atomic E-state index is -0.216. The Morgan fingerprint density at radius 3 is 2.95 bits per heavy atom. The van der Waals surface area contributed by atoms with Gasteiger partial charge >= 0.3 is 0 Å². The predicted molar refractivity (Wildman–Crippen MR) is 67.8 cm³/mol. The van der Waals surface area contributed by atoms with Crippen LogP contribution in [0.25, 0.3) is 0 Å². The van der Waals surface area contributed by atoms with Crippen molar-refractivity contribution in [2.75, 3.05) is 26.2 Å². The summed E-state index contributed by atoms with van der Waals surface area (Å²) < 4.78 is 7.03. The summed E-state index contributed by atoms with van der Waals surface area (Å²) in [5, 5.41) is 4.02. The second kappa shape index (κ2) is 4.86. The highest BCUT2D eigenvalue weighted by molar-refractivity contribution is 5.90. The molecule has 8 nitrogen and oxygen atoms in total. The van der Waals surface area contributed by atoms with Crippen LogP contribution in [0.5, 0.6) is 0 Å². The van der Waals surface area contributed by atoms with Crippen LogP contribution in [0.2, 0.25) is 0 Å². The van der Waals surface area contributed by atoms with E-state index >= 15 is 0 Å². The maximum atomic E-state index is 12.3. The number of fused-ring (bicyclic) bond motifs is 1. The standard InChI is InChI=1S/C12H17N5O3/c1-3-17-8-4-16(5-9(8)20-6-10(17)18)12(19)11-13-7-15(2)14-11/h7-9H,3-6H2,1-2H3/t8-,9-/m1/s1. The molecule has 0 N–H and O–H groups in total. The summed E-state index contributed by atoms with van der Waals surface area (Å²) in [6, 6.07) is -0.0612. The summed E-state index contributed by atoms with van der Waals surface area (Å²) in [7, 11) is 1.72. The molecule has 0 saturated carbocycles. The average molecular weight is 279 g/mol. The van der Waals surface area contributed by atoms with Gasteiger partial charge in [0.1, 0.15) is 12.9 Å². The second-order valence-electron chi connectivity index (χ2n) is 5.05. The Bertz CT molecular complexity index is 543. The van der Waals surface area contributed by atoms with Gasteiger partial charge in [-0.3, -0.25) is 14.3 Å². The number of ether oxygens (including phenoxy) is 1. The SMILES string of the molecule is CCN1C(=O)CO[C@@H]2CN(C(=O)c3ncn(C)n3)C[C@H]21. The zero-order valence-corrected chi connectivity index (χ0v) is 11.5. The van der Waals surface area contributed by atoms with Crippen LogP contribution in [0, 0.1) is 0 Å². The number of aromatic nitrogens is 3. The van der Waals surface area contributed by atoms with Crippen molar-refractivity contribution >= 4 is 11.8 Å². The molecule has 3 heterocycles. The molecule has 0 aromatic carbocycles. The van der Waals surface area contributed by atoms with E-state index < -0.39 is 0 Å². The van der Waals surface area contributed by atoms with E-state index in [2.05, 4.69) is 10.1 Å². The second-order valence-corrected chi connectivity index (χ2v) is 5.05. The summed E-state index contributed by atoms with van der Waals surface area (Å²) in [6.07, 6.45) is 1.38. The molecule has 2 aliphatic heterocycles. The van der Waals surface area contributed by atoms with E-state index in [0.717, 1.165) is 0 Å². The number of carbonyl (C=O) groups excluding carboxylic acids is 2. The van der Waals surface area contributed by atoms with Crippen LogP contribution in [0.15, 0.2) is 6.33 Å². The fraction of sp³-hybridized carbons (Fsp3) is 0.667. The normalized spacial score (nSPS) is 26.0. The van der Waals surface area contributed by atoms with E-state index in [1.165, 1.54) is 11.0 Å². The third-order valence-corrected chi connectivity index (χ3v) is 3.80. The van der Waals surface area contributed by atoms with E-state index in [9.17, 15) is 9.59 Å². The molecule has 0 aliphatic carbocycles. The zero-order chi connectivity index (χ0) is 14.3. The monoisotopic (exact) mass is 279 g/mol. The Morgan fingerprint density at radius 2 is 2.30 bits per heavy atom. The van der Waals surface area contributed by atoms with Crippen molar-refractivity contribution < 1.29 is 14.3 Å². The van der Waals surface area contributed by atoms with Gasteiger partial charge < -0.3 is 14.5 Å². The van der Waals surface area contributed by atoms with Crippen LogP contribution in [0.4, 0.5) is 0 Å². The van der Waals surface area contributed by atoms with Crippen LogP contribution >= 0.6 is 0 Å². The molecule has 8 heteroatoms. The third kappa shape index (κ3) is 2.05. The van der Waals surface area contributed by atoms with Crippen molar-refractivity contribution in [3.63, 3.8) is 0 Å². The van der Waals surface area contributed by atoms with Crippen LogP contribution < -0.4 is 0 Å². The largest absolute Gasteiger partial charge is 0.364 e. The number of hydrogen-bond donors (Lipinski definition) is 0. The molecule has 0 unspecified atom stereocenters. The van der Waals surface area contributed by atoms with Gasteiger partial charge in [0.05, 0.1) is 12.1 Å². The van der Waals surface area contributed by atoms with Crippen LogP contribution in [0.3, 0.4) is 0 Å². The number of likely N-dealkylation sites (tertiary alicyclic amines) is 1. The molecule has 0 bridgehead atoms. The topological polar surface area (TPSA) is 80.6 Å². The quantitative estimate of drug-likeness (QED) is 0.685. The summed E-state index contributed by atoms with van der Waals surface area (Å²) >= 11 is 0. The van der Waals surface area contributed by atoms with E-state index in [0.29, 0.717) is 19.6 Å². The number of morpholine rings is 1. The third-order valence-electron chi connectivity index (χ3n) is 3.80. The summed E-state index contributed by atoms with van der Waals surface area (Å²) in [6.45, 7) is 3.62. The molecule has 2 saturated heterocycles. The summed E-state index contributed by atoms with van der Waals surface area (Å²) in [5.74, 6) is -0.0494. The number of amides is 2. The number of hydrogen-bond acceptors (Lipinski definition) is 5. The molecular formula is C12H17N5O3. The van der Waals surface area contributed by atoms with Crippen molar-refractivity contribution in [1.82, 2.24) is 24.6 Å². The van der Waals surface area contributed by atoms with E-state index in [4.69, 9.17) is 4.74 Å². The Labute approximate surface area is 116 Å². The summed E-state index contributed by atoms with van der Waals surface area (Å²) in [4.78, 5) is 31.5. The molecular weight excluding hydrogens is 262 g/mol. The maximum absolute atomic E-state index is 12.3. The first kappa shape index (κ1) is 13.0. The fourth-order valence-electron chi connectivity index (χ4n) is 2.82. The first-order valence-electron chi connectivity index (χ1n) is 6.66. The zero-order valence-electron chi connectivity index (χ0n) is 11.5. The smallest absolute Gasteiger partial charge is 0.293 e. The molecule has 20 heavy (non-hydrogen) atoms. The fourth-order valence-corrected chi connectivity index (χ4v) is 2.82. The minimum Gasteiger partial charge on any atom is -0.364 e. The van der Waals surface area contributed by atoms with Gasteiger partial charge in [-0.25, -0.2) is 4.98 Å². The van der Waals surface area contributed by atoms with Crippen molar-refractivity contribution in [3.8, 4) is 0 Å². The number of nitrogens with zero attached hydrogens (tertiary/aromatic N) is 5.